The largest absolute Gasteiger partial charge is 0.371 e. The van der Waals surface area contributed by atoms with Crippen LogP contribution in [-0.4, -0.2) is 27.9 Å². The van der Waals surface area contributed by atoms with Gasteiger partial charge >= 0.3 is 11.8 Å². The molecule has 0 aliphatic heterocycles. The summed E-state index contributed by atoms with van der Waals surface area (Å²) in [7, 11) is -1.09. The molecule has 0 fully saturated rings. The van der Waals surface area contributed by atoms with Crippen molar-refractivity contribution in [1.82, 2.24) is 5.32 Å². The van der Waals surface area contributed by atoms with Gasteiger partial charge < -0.3 is 15.4 Å². The van der Waals surface area contributed by atoms with Gasteiger partial charge in [0.1, 0.15) is 0 Å². The first kappa shape index (κ1) is 21.8. The van der Waals surface area contributed by atoms with Crippen LogP contribution in [0.25, 0.3) is 0 Å². The van der Waals surface area contributed by atoms with Gasteiger partial charge in [-0.05, 0) is 56.2 Å². The van der Waals surface area contributed by atoms with E-state index in [1.54, 1.807) is 30.5 Å². The molecular formula is C21H26N2O4S. The van der Waals surface area contributed by atoms with Crippen LogP contribution in [0.3, 0.4) is 0 Å². The summed E-state index contributed by atoms with van der Waals surface area (Å²) in [4.78, 5) is 24.7. The molecule has 0 radical (unpaired) electrons. The van der Waals surface area contributed by atoms with Crippen molar-refractivity contribution >= 4 is 28.3 Å². The van der Waals surface area contributed by atoms with Crippen LogP contribution in [0, 0.1) is 0 Å². The molecule has 2 rings (SSSR count). The molecule has 0 saturated heterocycles. The van der Waals surface area contributed by atoms with Crippen LogP contribution >= 0.6 is 0 Å². The number of carbonyl (C=O) groups excluding carboxylic acids is 2. The lowest BCUT2D eigenvalue weighted by Gasteiger charge is -2.19. The van der Waals surface area contributed by atoms with Crippen LogP contribution in [-0.2, 0) is 38.3 Å². The van der Waals surface area contributed by atoms with E-state index < -0.39 is 22.6 Å². The molecular weight excluding hydrogens is 376 g/mol. The lowest BCUT2D eigenvalue weighted by atomic mass is 10.1. The van der Waals surface area contributed by atoms with Crippen molar-refractivity contribution in [3.05, 3.63) is 59.7 Å². The molecule has 0 aliphatic carbocycles. The van der Waals surface area contributed by atoms with Gasteiger partial charge in [0.25, 0.3) is 0 Å². The first-order chi connectivity index (χ1) is 13.1. The topological polar surface area (TPSA) is 84.5 Å². The summed E-state index contributed by atoms with van der Waals surface area (Å²) >= 11 is 0. The fraction of sp³-hybridized carbons (Fsp3) is 0.333. The van der Waals surface area contributed by atoms with Gasteiger partial charge in [-0.1, -0.05) is 24.3 Å². The van der Waals surface area contributed by atoms with Crippen molar-refractivity contribution in [3.8, 4) is 0 Å². The van der Waals surface area contributed by atoms with E-state index in [4.69, 9.17) is 4.74 Å². The molecule has 2 aromatic carbocycles. The molecule has 2 N–H and O–H groups in total. The fourth-order valence-corrected chi connectivity index (χ4v) is 2.83. The number of carbonyl (C=O) groups is 2. The lowest BCUT2D eigenvalue weighted by molar-refractivity contribution is -0.136. The van der Waals surface area contributed by atoms with Crippen LogP contribution in [0.5, 0.6) is 0 Å². The molecule has 0 aliphatic rings. The molecule has 28 heavy (non-hydrogen) atoms. The van der Waals surface area contributed by atoms with Gasteiger partial charge in [-0.3, -0.25) is 13.8 Å². The molecule has 0 heterocycles. The second kappa shape index (κ2) is 9.61. The number of amides is 2. The molecule has 0 aromatic heterocycles. The highest BCUT2D eigenvalue weighted by atomic mass is 32.2. The highest BCUT2D eigenvalue weighted by Gasteiger charge is 2.14. The highest BCUT2D eigenvalue weighted by molar-refractivity contribution is 7.84. The van der Waals surface area contributed by atoms with E-state index in [2.05, 4.69) is 10.6 Å². The van der Waals surface area contributed by atoms with Gasteiger partial charge in [0.05, 0.1) is 12.2 Å². The minimum absolute atomic E-state index is 0.229. The average molecular weight is 403 g/mol. The Morgan fingerprint density at radius 3 is 2.25 bits per heavy atom. The Labute approximate surface area is 168 Å². The number of hydrogen-bond donors (Lipinski definition) is 2. The van der Waals surface area contributed by atoms with Crippen LogP contribution in [0.15, 0.2) is 53.4 Å². The summed E-state index contributed by atoms with van der Waals surface area (Å²) in [6, 6.07) is 14.2. The lowest BCUT2D eigenvalue weighted by Crippen LogP contribution is -2.34. The van der Waals surface area contributed by atoms with Crippen molar-refractivity contribution < 1.29 is 18.5 Å². The Balaban J connectivity index is 1.87. The molecule has 0 unspecified atom stereocenters. The van der Waals surface area contributed by atoms with Gasteiger partial charge in [-0.15, -0.1) is 0 Å². The maximum atomic E-state index is 12.0. The van der Waals surface area contributed by atoms with Crippen LogP contribution in [0.4, 0.5) is 5.69 Å². The van der Waals surface area contributed by atoms with E-state index in [1.165, 1.54) is 0 Å². The number of rotatable bonds is 6. The zero-order valence-electron chi connectivity index (χ0n) is 16.6. The maximum Gasteiger partial charge on any atom is 0.313 e. The van der Waals surface area contributed by atoms with Crippen molar-refractivity contribution in [1.29, 1.82) is 0 Å². The van der Waals surface area contributed by atoms with Gasteiger partial charge in [-0.2, -0.15) is 0 Å². The quantitative estimate of drug-likeness (QED) is 0.728. The van der Waals surface area contributed by atoms with Gasteiger partial charge in [-0.25, -0.2) is 0 Å². The average Bonchev–Trinajstić information content (AvgIpc) is 2.64. The third-order valence-corrected chi connectivity index (χ3v) is 4.70. The second-order valence-electron chi connectivity index (χ2n) is 7.34. The zero-order valence-corrected chi connectivity index (χ0v) is 17.4. The Kier molecular flexibility index (Phi) is 7.48. The molecule has 1 atom stereocenters. The molecule has 6 nitrogen and oxygen atoms in total. The Morgan fingerprint density at radius 1 is 1.00 bits per heavy atom. The predicted molar refractivity (Wildman–Crippen MR) is 110 cm³/mol. The summed E-state index contributed by atoms with van der Waals surface area (Å²) in [5.41, 5.74) is 2.12. The normalized spacial score (nSPS) is 12.3. The third kappa shape index (κ3) is 7.25. The predicted octanol–water partition coefficient (Wildman–Crippen LogP) is 2.99. The van der Waals surface area contributed by atoms with Crippen LogP contribution in [0.2, 0.25) is 0 Å². The standard InChI is InChI=1S/C21H26N2O4S/c1-21(2,3)27-14-16-7-5-6-15(12-16)13-22-19(24)20(25)23-17-8-10-18(11-9-17)28(4)26/h5-12H,13-14H2,1-4H3,(H,22,24)(H,23,25)/t28-/m1/s1. The van der Waals surface area contributed by atoms with Crippen LogP contribution in [0.1, 0.15) is 31.9 Å². The molecule has 0 bridgehead atoms. The maximum absolute atomic E-state index is 12.0. The number of anilines is 1. The number of nitrogens with one attached hydrogen (secondary N) is 2. The van der Waals surface area contributed by atoms with Crippen LogP contribution < -0.4 is 10.6 Å². The SMILES string of the molecule is C[S@@](=O)c1ccc(NC(=O)C(=O)NCc2cccc(COC(C)(C)C)c2)cc1. The third-order valence-electron chi connectivity index (χ3n) is 3.77. The van der Waals surface area contributed by atoms with Gasteiger partial charge in [0, 0.05) is 34.2 Å². The molecule has 0 spiro atoms. The molecule has 2 aromatic rings. The van der Waals surface area contributed by atoms with Crippen molar-refractivity contribution in [2.75, 3.05) is 11.6 Å². The second-order valence-corrected chi connectivity index (χ2v) is 8.72. The summed E-state index contributed by atoms with van der Waals surface area (Å²) in [6.45, 7) is 6.69. The molecule has 150 valence electrons. The Hall–Kier alpha value is -2.51. The van der Waals surface area contributed by atoms with E-state index in [9.17, 15) is 13.8 Å². The van der Waals surface area contributed by atoms with E-state index in [1.807, 2.05) is 45.0 Å². The number of benzene rings is 2. The zero-order chi connectivity index (χ0) is 20.7. The monoisotopic (exact) mass is 402 g/mol. The molecule has 2 amide bonds. The fourth-order valence-electron chi connectivity index (χ4n) is 2.31. The summed E-state index contributed by atoms with van der Waals surface area (Å²) in [6.07, 6.45) is 1.57. The first-order valence-corrected chi connectivity index (χ1v) is 10.4. The number of ether oxygens (including phenoxy) is 1. The van der Waals surface area contributed by atoms with Crippen molar-refractivity contribution in [2.24, 2.45) is 0 Å². The first-order valence-electron chi connectivity index (χ1n) is 8.88. The van der Waals surface area contributed by atoms with Crippen molar-refractivity contribution in [2.45, 2.75) is 44.4 Å². The highest BCUT2D eigenvalue weighted by Crippen LogP contribution is 2.14. The van der Waals surface area contributed by atoms with Gasteiger partial charge in [0.15, 0.2) is 0 Å². The van der Waals surface area contributed by atoms with Gasteiger partial charge in [0.2, 0.25) is 0 Å². The molecule has 0 saturated carbocycles. The summed E-state index contributed by atoms with van der Waals surface area (Å²) in [5, 5.41) is 5.13. The minimum atomic E-state index is -1.09. The van der Waals surface area contributed by atoms with Crippen molar-refractivity contribution in [3.63, 3.8) is 0 Å². The Morgan fingerprint density at radius 2 is 1.64 bits per heavy atom. The summed E-state index contributed by atoms with van der Waals surface area (Å²) in [5.74, 6) is -1.47. The van der Waals surface area contributed by atoms with E-state index in [0.717, 1.165) is 11.1 Å². The van der Waals surface area contributed by atoms with E-state index in [0.29, 0.717) is 17.2 Å². The summed E-state index contributed by atoms with van der Waals surface area (Å²) < 4.78 is 17.1. The Bertz CT molecular complexity index is 857. The smallest absolute Gasteiger partial charge is 0.313 e. The number of hydrogen-bond acceptors (Lipinski definition) is 4. The molecule has 7 heteroatoms. The minimum Gasteiger partial charge on any atom is -0.371 e. The van der Waals surface area contributed by atoms with E-state index >= 15 is 0 Å². The van der Waals surface area contributed by atoms with E-state index in [-0.39, 0.29) is 12.1 Å².